The summed E-state index contributed by atoms with van der Waals surface area (Å²) in [6.07, 6.45) is 6.70. The lowest BCUT2D eigenvalue weighted by atomic mass is 10.0. The van der Waals surface area contributed by atoms with Crippen molar-refractivity contribution in [2.75, 3.05) is 13.1 Å². The molecule has 6 nitrogen and oxygen atoms in total. The second kappa shape index (κ2) is 7.96. The van der Waals surface area contributed by atoms with Crippen molar-refractivity contribution >= 4 is 22.7 Å². The monoisotopic (exact) mass is 341 g/mol. The third-order valence-electron chi connectivity index (χ3n) is 4.71. The fourth-order valence-corrected chi connectivity index (χ4v) is 3.36. The summed E-state index contributed by atoms with van der Waals surface area (Å²) in [7, 11) is 0. The Labute approximate surface area is 146 Å². The second-order valence-corrected chi connectivity index (χ2v) is 6.54. The summed E-state index contributed by atoms with van der Waals surface area (Å²) in [5.74, 6) is 0.104. The van der Waals surface area contributed by atoms with Crippen LogP contribution in [0.4, 0.5) is 0 Å². The third-order valence-corrected chi connectivity index (χ3v) is 4.71. The molecular formula is C19H23N3O3. The van der Waals surface area contributed by atoms with Gasteiger partial charge in [-0.25, -0.2) is 0 Å². The quantitative estimate of drug-likeness (QED) is 0.702. The minimum Gasteiger partial charge on any atom is -0.360 e. The zero-order valence-corrected chi connectivity index (χ0v) is 14.1. The van der Waals surface area contributed by atoms with Crippen LogP contribution in [0.2, 0.25) is 0 Å². The van der Waals surface area contributed by atoms with Crippen LogP contribution in [0.25, 0.3) is 10.9 Å². The molecule has 2 amide bonds. The van der Waals surface area contributed by atoms with Crippen LogP contribution in [0.3, 0.4) is 0 Å². The molecule has 0 spiro atoms. The van der Waals surface area contributed by atoms with E-state index >= 15 is 0 Å². The van der Waals surface area contributed by atoms with Gasteiger partial charge in [-0.15, -0.1) is 0 Å². The molecule has 1 aliphatic rings. The Kier molecular flexibility index (Phi) is 5.48. The SMILES string of the molecule is O=C(CC1CCCC1)NCCNC(=O)c1c[nH]c2ccccc2c1=O. The molecule has 6 heteroatoms. The predicted molar refractivity (Wildman–Crippen MR) is 96.5 cm³/mol. The Bertz CT molecular complexity index is 822. The number of aromatic nitrogens is 1. The number of aromatic amines is 1. The summed E-state index contributed by atoms with van der Waals surface area (Å²) in [4.78, 5) is 39.3. The fourth-order valence-electron chi connectivity index (χ4n) is 3.36. The van der Waals surface area contributed by atoms with Crippen LogP contribution in [-0.4, -0.2) is 29.9 Å². The Balaban J connectivity index is 1.48. The van der Waals surface area contributed by atoms with Gasteiger partial charge in [0.05, 0.1) is 0 Å². The van der Waals surface area contributed by atoms with E-state index in [1.54, 1.807) is 18.2 Å². The Hall–Kier alpha value is -2.63. The van der Waals surface area contributed by atoms with Crippen molar-refractivity contribution in [3.8, 4) is 0 Å². The number of hydrogen-bond acceptors (Lipinski definition) is 3. The summed E-state index contributed by atoms with van der Waals surface area (Å²) >= 11 is 0. The average molecular weight is 341 g/mol. The number of para-hydroxylation sites is 1. The van der Waals surface area contributed by atoms with E-state index in [1.165, 1.54) is 19.0 Å². The molecule has 1 fully saturated rings. The number of nitrogens with one attached hydrogen (secondary N) is 3. The van der Waals surface area contributed by atoms with E-state index in [1.807, 2.05) is 6.07 Å². The summed E-state index contributed by atoms with van der Waals surface area (Å²) < 4.78 is 0. The van der Waals surface area contributed by atoms with Gasteiger partial charge in [0, 0.05) is 36.6 Å². The van der Waals surface area contributed by atoms with Crippen molar-refractivity contribution in [1.29, 1.82) is 0 Å². The van der Waals surface area contributed by atoms with Crippen LogP contribution in [0.15, 0.2) is 35.3 Å². The van der Waals surface area contributed by atoms with Crippen molar-refractivity contribution in [2.24, 2.45) is 5.92 Å². The molecule has 3 rings (SSSR count). The van der Waals surface area contributed by atoms with Gasteiger partial charge in [-0.2, -0.15) is 0 Å². The molecule has 1 aromatic carbocycles. The van der Waals surface area contributed by atoms with Gasteiger partial charge in [0.2, 0.25) is 11.3 Å². The number of amides is 2. The maximum Gasteiger partial charge on any atom is 0.256 e. The Morgan fingerprint density at radius 1 is 1.08 bits per heavy atom. The number of carbonyl (C=O) groups is 2. The highest BCUT2D eigenvalue weighted by molar-refractivity contribution is 5.97. The summed E-state index contributed by atoms with van der Waals surface area (Å²) in [6.45, 7) is 0.657. The zero-order chi connectivity index (χ0) is 17.6. The average Bonchev–Trinajstić information content (AvgIpc) is 3.12. The number of hydrogen-bond donors (Lipinski definition) is 3. The normalized spacial score (nSPS) is 14.6. The first kappa shape index (κ1) is 17.2. The lowest BCUT2D eigenvalue weighted by Crippen LogP contribution is -2.36. The lowest BCUT2D eigenvalue weighted by Gasteiger charge is -2.10. The van der Waals surface area contributed by atoms with Crippen LogP contribution in [0, 0.1) is 5.92 Å². The predicted octanol–water partition coefficient (Wildman–Crippen LogP) is 1.95. The van der Waals surface area contributed by atoms with Crippen molar-refractivity contribution in [1.82, 2.24) is 15.6 Å². The van der Waals surface area contributed by atoms with Crippen molar-refractivity contribution in [3.05, 3.63) is 46.2 Å². The maximum atomic E-state index is 12.4. The molecule has 132 valence electrons. The van der Waals surface area contributed by atoms with Crippen LogP contribution in [-0.2, 0) is 4.79 Å². The number of fused-ring (bicyclic) bond motifs is 1. The minimum atomic E-state index is -0.433. The third kappa shape index (κ3) is 4.26. The molecular weight excluding hydrogens is 318 g/mol. The number of pyridine rings is 1. The van der Waals surface area contributed by atoms with E-state index in [9.17, 15) is 14.4 Å². The van der Waals surface area contributed by atoms with Gasteiger partial charge < -0.3 is 15.6 Å². The van der Waals surface area contributed by atoms with Crippen molar-refractivity contribution < 1.29 is 9.59 Å². The van der Waals surface area contributed by atoms with E-state index in [0.717, 1.165) is 12.8 Å². The first-order valence-electron chi connectivity index (χ1n) is 8.80. The molecule has 1 aromatic heterocycles. The molecule has 2 aromatic rings. The molecule has 3 N–H and O–H groups in total. The molecule has 0 unspecified atom stereocenters. The number of benzene rings is 1. The van der Waals surface area contributed by atoms with Gasteiger partial charge in [-0.05, 0) is 30.9 Å². The van der Waals surface area contributed by atoms with E-state index in [4.69, 9.17) is 0 Å². The number of rotatable bonds is 6. The standard InChI is InChI=1S/C19H23N3O3/c23-17(11-13-5-1-2-6-13)20-9-10-21-19(25)15-12-22-16-8-4-3-7-14(16)18(15)24/h3-4,7-8,12-13H,1-2,5-6,9-11H2,(H,20,23)(H,21,25)(H,22,24). The molecule has 0 saturated heterocycles. The van der Waals surface area contributed by atoms with Crippen LogP contribution >= 0.6 is 0 Å². The maximum absolute atomic E-state index is 12.4. The molecule has 0 bridgehead atoms. The minimum absolute atomic E-state index is 0.0321. The lowest BCUT2D eigenvalue weighted by molar-refractivity contribution is -0.121. The molecule has 0 aliphatic heterocycles. The number of carbonyl (C=O) groups excluding carboxylic acids is 2. The summed E-state index contributed by atoms with van der Waals surface area (Å²) in [6, 6.07) is 7.07. The highest BCUT2D eigenvalue weighted by Gasteiger charge is 2.18. The highest BCUT2D eigenvalue weighted by atomic mass is 16.2. The molecule has 0 radical (unpaired) electrons. The Morgan fingerprint density at radius 2 is 1.80 bits per heavy atom. The van der Waals surface area contributed by atoms with E-state index in [2.05, 4.69) is 15.6 Å². The fraction of sp³-hybridized carbons (Fsp3) is 0.421. The van der Waals surface area contributed by atoms with Crippen molar-refractivity contribution in [3.63, 3.8) is 0 Å². The molecule has 1 heterocycles. The first-order chi connectivity index (χ1) is 12.1. The van der Waals surface area contributed by atoms with Gasteiger partial charge in [0.25, 0.3) is 5.91 Å². The van der Waals surface area contributed by atoms with Crippen LogP contribution in [0.5, 0.6) is 0 Å². The summed E-state index contributed by atoms with van der Waals surface area (Å²) in [5, 5.41) is 5.99. The van der Waals surface area contributed by atoms with Gasteiger partial charge >= 0.3 is 0 Å². The smallest absolute Gasteiger partial charge is 0.256 e. The molecule has 1 aliphatic carbocycles. The van der Waals surface area contributed by atoms with E-state index < -0.39 is 5.91 Å². The van der Waals surface area contributed by atoms with Gasteiger partial charge in [-0.1, -0.05) is 25.0 Å². The van der Waals surface area contributed by atoms with Gasteiger partial charge in [0.1, 0.15) is 5.56 Å². The van der Waals surface area contributed by atoms with Gasteiger partial charge in [-0.3, -0.25) is 14.4 Å². The second-order valence-electron chi connectivity index (χ2n) is 6.54. The molecule has 25 heavy (non-hydrogen) atoms. The largest absolute Gasteiger partial charge is 0.360 e. The van der Waals surface area contributed by atoms with E-state index in [-0.39, 0.29) is 16.9 Å². The molecule has 0 atom stereocenters. The number of H-pyrrole nitrogens is 1. The van der Waals surface area contributed by atoms with Crippen LogP contribution in [0.1, 0.15) is 42.5 Å². The van der Waals surface area contributed by atoms with Crippen LogP contribution < -0.4 is 16.1 Å². The Morgan fingerprint density at radius 3 is 2.60 bits per heavy atom. The van der Waals surface area contributed by atoms with Gasteiger partial charge in [0.15, 0.2) is 0 Å². The summed E-state index contributed by atoms with van der Waals surface area (Å²) in [5.41, 5.74) is 0.483. The van der Waals surface area contributed by atoms with E-state index in [0.29, 0.717) is 36.3 Å². The van der Waals surface area contributed by atoms with Crippen molar-refractivity contribution in [2.45, 2.75) is 32.1 Å². The first-order valence-corrected chi connectivity index (χ1v) is 8.80. The topological polar surface area (TPSA) is 91.1 Å². The highest BCUT2D eigenvalue weighted by Crippen LogP contribution is 2.27. The zero-order valence-electron chi connectivity index (χ0n) is 14.1. The molecule has 1 saturated carbocycles.